The van der Waals surface area contributed by atoms with E-state index >= 15 is 0 Å². The predicted octanol–water partition coefficient (Wildman–Crippen LogP) is 4.39. The van der Waals surface area contributed by atoms with Crippen LogP contribution < -0.4 is 16.4 Å². The smallest absolute Gasteiger partial charge is 0.0556 e. The van der Waals surface area contributed by atoms with Gasteiger partial charge in [-0.3, -0.25) is 0 Å². The Morgan fingerprint density at radius 3 is 1.58 bits per heavy atom. The Balaban J connectivity index is 2.11. The molecule has 0 aliphatic heterocycles. The third-order valence-corrected chi connectivity index (χ3v) is 4.51. The molecule has 2 rings (SSSR count). The molecule has 3 nitrogen and oxygen atoms in total. The van der Waals surface area contributed by atoms with Gasteiger partial charge in [-0.25, -0.2) is 0 Å². The van der Waals surface area contributed by atoms with Gasteiger partial charge >= 0.3 is 0 Å². The molecule has 0 saturated heterocycles. The van der Waals surface area contributed by atoms with Crippen LogP contribution in [0.25, 0.3) is 0 Å². The monoisotopic (exact) mass is 325 g/mol. The van der Waals surface area contributed by atoms with Crippen LogP contribution in [0.15, 0.2) is 24.3 Å². The Morgan fingerprint density at radius 1 is 0.750 bits per heavy atom. The molecular formula is C21H31N3. The van der Waals surface area contributed by atoms with Crippen LogP contribution in [0, 0.1) is 41.5 Å². The second-order valence-corrected chi connectivity index (χ2v) is 7.01. The largest absolute Gasteiger partial charge is 0.383 e. The van der Waals surface area contributed by atoms with Crippen molar-refractivity contribution in [1.82, 2.24) is 0 Å². The molecular weight excluding hydrogens is 294 g/mol. The molecule has 2 aromatic carbocycles. The van der Waals surface area contributed by atoms with Crippen LogP contribution >= 0.6 is 0 Å². The number of anilines is 2. The van der Waals surface area contributed by atoms with E-state index in [2.05, 4.69) is 76.4 Å². The Kier molecular flexibility index (Phi) is 5.89. The summed E-state index contributed by atoms with van der Waals surface area (Å²) in [5.74, 6) is 0. The molecule has 0 aromatic heterocycles. The summed E-state index contributed by atoms with van der Waals surface area (Å²) in [5.41, 5.74) is 16.1. The first-order chi connectivity index (χ1) is 11.3. The minimum Gasteiger partial charge on any atom is -0.383 e. The summed E-state index contributed by atoms with van der Waals surface area (Å²) in [6.07, 6.45) is 0. The maximum absolute atomic E-state index is 6.01. The van der Waals surface area contributed by atoms with Crippen LogP contribution in [0.2, 0.25) is 0 Å². The number of nitrogens with two attached hydrogens (primary N) is 1. The highest BCUT2D eigenvalue weighted by Gasteiger charge is 2.12. The zero-order valence-electron chi connectivity index (χ0n) is 15.9. The van der Waals surface area contributed by atoms with Gasteiger partial charge in [-0.15, -0.1) is 0 Å². The van der Waals surface area contributed by atoms with Gasteiger partial charge in [0.05, 0.1) is 6.04 Å². The van der Waals surface area contributed by atoms with Gasteiger partial charge in [0.2, 0.25) is 0 Å². The summed E-state index contributed by atoms with van der Waals surface area (Å²) in [6.45, 7) is 14.3. The van der Waals surface area contributed by atoms with Crippen molar-refractivity contribution in [3.05, 3.63) is 57.6 Å². The fourth-order valence-corrected chi connectivity index (χ4v) is 3.49. The lowest BCUT2D eigenvalue weighted by atomic mass is 10.0. The van der Waals surface area contributed by atoms with Crippen molar-refractivity contribution in [2.24, 2.45) is 5.73 Å². The summed E-state index contributed by atoms with van der Waals surface area (Å²) in [7, 11) is 0. The Labute approximate surface area is 146 Å². The Bertz CT molecular complexity index is 673. The first kappa shape index (κ1) is 18.3. The zero-order chi connectivity index (χ0) is 17.9. The molecule has 4 N–H and O–H groups in total. The second kappa shape index (κ2) is 7.71. The van der Waals surface area contributed by atoms with Crippen molar-refractivity contribution < 1.29 is 0 Å². The summed E-state index contributed by atoms with van der Waals surface area (Å²) < 4.78 is 0. The van der Waals surface area contributed by atoms with Gasteiger partial charge in [0.15, 0.2) is 0 Å². The zero-order valence-corrected chi connectivity index (χ0v) is 15.9. The lowest BCUT2D eigenvalue weighted by Crippen LogP contribution is -2.36. The molecule has 0 aliphatic rings. The molecule has 0 spiro atoms. The second-order valence-electron chi connectivity index (χ2n) is 7.01. The van der Waals surface area contributed by atoms with Crippen molar-refractivity contribution in [3.8, 4) is 0 Å². The average molecular weight is 326 g/mol. The molecule has 0 fully saturated rings. The van der Waals surface area contributed by atoms with Crippen LogP contribution in [0.3, 0.4) is 0 Å². The maximum atomic E-state index is 6.01. The van der Waals surface area contributed by atoms with Gasteiger partial charge in [0.1, 0.15) is 0 Å². The molecule has 0 radical (unpaired) electrons. The number of rotatable bonds is 6. The lowest BCUT2D eigenvalue weighted by Gasteiger charge is -2.24. The Morgan fingerprint density at radius 2 is 1.17 bits per heavy atom. The topological polar surface area (TPSA) is 50.1 Å². The molecule has 0 aliphatic carbocycles. The highest BCUT2D eigenvalue weighted by molar-refractivity contribution is 5.60. The molecule has 2 aromatic rings. The molecule has 130 valence electrons. The van der Waals surface area contributed by atoms with Crippen molar-refractivity contribution in [2.45, 2.75) is 47.6 Å². The number of hydrogen-bond donors (Lipinski definition) is 3. The predicted molar refractivity (Wildman–Crippen MR) is 106 cm³/mol. The van der Waals surface area contributed by atoms with Crippen molar-refractivity contribution in [1.29, 1.82) is 0 Å². The standard InChI is InChI=1S/C21H31N3/c1-13-7-15(3)20(16(4)8-13)23-12-19(11-22)24-21-17(5)9-14(2)10-18(21)6/h7-10,19,23-24H,11-12,22H2,1-6H3. The molecule has 0 saturated carbocycles. The fraction of sp³-hybridized carbons (Fsp3) is 0.429. The van der Waals surface area contributed by atoms with Gasteiger partial charge in [-0.1, -0.05) is 35.4 Å². The van der Waals surface area contributed by atoms with Crippen LogP contribution in [-0.4, -0.2) is 19.1 Å². The molecule has 3 heteroatoms. The highest BCUT2D eigenvalue weighted by atomic mass is 15.0. The third-order valence-electron chi connectivity index (χ3n) is 4.51. The number of hydrogen-bond acceptors (Lipinski definition) is 3. The van der Waals surface area contributed by atoms with E-state index in [-0.39, 0.29) is 6.04 Å². The van der Waals surface area contributed by atoms with Gasteiger partial charge in [-0.2, -0.15) is 0 Å². The summed E-state index contributed by atoms with van der Waals surface area (Å²) in [5, 5.41) is 7.21. The molecule has 0 heterocycles. The minimum atomic E-state index is 0.185. The number of benzene rings is 2. The molecule has 0 bridgehead atoms. The molecule has 24 heavy (non-hydrogen) atoms. The number of nitrogens with one attached hydrogen (secondary N) is 2. The lowest BCUT2D eigenvalue weighted by molar-refractivity contribution is 0.757. The van der Waals surface area contributed by atoms with Crippen molar-refractivity contribution >= 4 is 11.4 Å². The fourth-order valence-electron chi connectivity index (χ4n) is 3.49. The molecule has 1 atom stereocenters. The van der Waals surface area contributed by atoms with Crippen LogP contribution in [0.5, 0.6) is 0 Å². The molecule has 0 amide bonds. The first-order valence-electron chi connectivity index (χ1n) is 8.68. The minimum absolute atomic E-state index is 0.185. The first-order valence-corrected chi connectivity index (χ1v) is 8.68. The summed E-state index contributed by atoms with van der Waals surface area (Å²) in [4.78, 5) is 0. The van der Waals surface area contributed by atoms with E-state index in [1.54, 1.807) is 0 Å². The van der Waals surface area contributed by atoms with E-state index in [1.807, 2.05) is 0 Å². The maximum Gasteiger partial charge on any atom is 0.0556 e. The van der Waals surface area contributed by atoms with Gasteiger partial charge < -0.3 is 16.4 Å². The van der Waals surface area contributed by atoms with Crippen LogP contribution in [0.1, 0.15) is 33.4 Å². The average Bonchev–Trinajstić information content (AvgIpc) is 2.47. The molecule has 1 unspecified atom stereocenters. The van der Waals surface area contributed by atoms with E-state index < -0.39 is 0 Å². The van der Waals surface area contributed by atoms with Crippen molar-refractivity contribution in [2.75, 3.05) is 23.7 Å². The normalized spacial score (nSPS) is 12.1. The van der Waals surface area contributed by atoms with Gasteiger partial charge in [-0.05, 0) is 63.8 Å². The van der Waals surface area contributed by atoms with E-state index in [0.29, 0.717) is 6.54 Å². The van der Waals surface area contributed by atoms with E-state index in [4.69, 9.17) is 5.73 Å². The van der Waals surface area contributed by atoms with Crippen LogP contribution in [0.4, 0.5) is 11.4 Å². The van der Waals surface area contributed by atoms with E-state index in [1.165, 1.54) is 44.8 Å². The van der Waals surface area contributed by atoms with Gasteiger partial charge in [0, 0.05) is 24.5 Å². The Hall–Kier alpha value is -2.00. The summed E-state index contributed by atoms with van der Waals surface area (Å²) in [6, 6.07) is 9.04. The highest BCUT2D eigenvalue weighted by Crippen LogP contribution is 2.24. The SMILES string of the molecule is Cc1cc(C)c(NCC(CN)Nc2c(C)cc(C)cc2C)c(C)c1. The number of aryl methyl sites for hydroxylation is 6. The van der Waals surface area contributed by atoms with Crippen LogP contribution in [-0.2, 0) is 0 Å². The summed E-state index contributed by atoms with van der Waals surface area (Å²) >= 11 is 0. The quantitative estimate of drug-likeness (QED) is 0.738. The van der Waals surface area contributed by atoms with E-state index in [0.717, 1.165) is 6.54 Å². The third kappa shape index (κ3) is 4.30. The van der Waals surface area contributed by atoms with Gasteiger partial charge in [0.25, 0.3) is 0 Å². The van der Waals surface area contributed by atoms with Crippen molar-refractivity contribution in [3.63, 3.8) is 0 Å². The van der Waals surface area contributed by atoms with E-state index in [9.17, 15) is 0 Å².